The predicted octanol–water partition coefficient (Wildman–Crippen LogP) is 1.91. The van der Waals surface area contributed by atoms with E-state index in [4.69, 9.17) is 0 Å². The number of carbonyl (C=O) groups is 2. The van der Waals surface area contributed by atoms with E-state index in [1.165, 1.54) is 13.1 Å². The van der Waals surface area contributed by atoms with Crippen molar-refractivity contribution in [2.45, 2.75) is 13.8 Å². The van der Waals surface area contributed by atoms with Crippen molar-refractivity contribution in [2.24, 2.45) is 0 Å². The van der Waals surface area contributed by atoms with Gasteiger partial charge in [0.15, 0.2) is 5.78 Å². The molecule has 0 heterocycles. The number of hydrogen-bond acceptors (Lipinski definition) is 2. The molecule has 0 aromatic heterocycles. The minimum Gasteiger partial charge on any atom is -0.333 e. The number of rotatable bonds is 3. The highest BCUT2D eigenvalue weighted by molar-refractivity contribution is 6.08. The Morgan fingerprint density at radius 1 is 1.13 bits per heavy atom. The van der Waals surface area contributed by atoms with Crippen molar-refractivity contribution in [1.29, 1.82) is 0 Å². The normalized spacial score (nSPS) is 10.9. The van der Waals surface area contributed by atoms with Gasteiger partial charge in [0.25, 0.3) is 0 Å². The quantitative estimate of drug-likeness (QED) is 0.602. The molecule has 78 valence electrons. The first-order chi connectivity index (χ1) is 7.11. The molecule has 1 aromatic carbocycles. The molecule has 15 heavy (non-hydrogen) atoms. The van der Waals surface area contributed by atoms with Crippen molar-refractivity contribution < 1.29 is 9.59 Å². The van der Waals surface area contributed by atoms with Crippen molar-refractivity contribution >= 4 is 11.7 Å². The summed E-state index contributed by atoms with van der Waals surface area (Å²) in [7, 11) is 0. The van der Waals surface area contributed by atoms with Crippen molar-refractivity contribution in [3.63, 3.8) is 0 Å². The zero-order valence-electron chi connectivity index (χ0n) is 8.78. The van der Waals surface area contributed by atoms with Gasteiger partial charge in [-0.05, 0) is 6.92 Å². The fourth-order valence-electron chi connectivity index (χ4n) is 1.09. The summed E-state index contributed by atoms with van der Waals surface area (Å²) < 4.78 is 0. The number of benzene rings is 1. The molecule has 0 saturated carbocycles. The third-order valence-corrected chi connectivity index (χ3v) is 1.89. The van der Waals surface area contributed by atoms with E-state index in [1.807, 2.05) is 6.07 Å². The van der Waals surface area contributed by atoms with E-state index in [0.29, 0.717) is 11.1 Å². The first kappa shape index (κ1) is 11.2. The van der Waals surface area contributed by atoms with Crippen molar-refractivity contribution in [1.82, 2.24) is 5.32 Å². The Morgan fingerprint density at radius 2 is 1.73 bits per heavy atom. The van der Waals surface area contributed by atoms with Crippen LogP contribution >= 0.6 is 0 Å². The lowest BCUT2D eigenvalue weighted by Crippen LogP contribution is -2.14. The Bertz CT molecular complexity index is 393. The van der Waals surface area contributed by atoms with Gasteiger partial charge in [-0.3, -0.25) is 9.59 Å². The smallest absolute Gasteiger partial charge is 0.220 e. The number of carbonyl (C=O) groups excluding carboxylic acids is 2. The van der Waals surface area contributed by atoms with Gasteiger partial charge < -0.3 is 5.32 Å². The van der Waals surface area contributed by atoms with Crippen LogP contribution in [0.4, 0.5) is 0 Å². The van der Waals surface area contributed by atoms with Crippen LogP contribution in [-0.4, -0.2) is 11.7 Å². The largest absolute Gasteiger partial charge is 0.333 e. The topological polar surface area (TPSA) is 46.2 Å². The van der Waals surface area contributed by atoms with Crippen LogP contribution < -0.4 is 5.32 Å². The molecule has 0 atom stereocenters. The van der Waals surface area contributed by atoms with Crippen LogP contribution in [0.1, 0.15) is 24.2 Å². The van der Waals surface area contributed by atoms with E-state index in [2.05, 4.69) is 5.32 Å². The number of allylic oxidation sites excluding steroid dienone is 1. The van der Waals surface area contributed by atoms with Gasteiger partial charge in [-0.15, -0.1) is 0 Å². The third kappa shape index (κ3) is 3.38. The standard InChI is InChI=1S/C12H13NO2/c1-9(8-13-10(2)14)12(15)11-6-4-3-5-7-11/h3-8H,1-2H3,(H,13,14). The van der Waals surface area contributed by atoms with Crippen LogP contribution in [0.2, 0.25) is 0 Å². The molecule has 0 fully saturated rings. The molecule has 0 spiro atoms. The molecular formula is C12H13NO2. The molecule has 1 aromatic rings. The fraction of sp³-hybridized carbons (Fsp3) is 0.167. The number of amides is 1. The van der Waals surface area contributed by atoms with Crippen LogP contribution in [-0.2, 0) is 4.79 Å². The van der Waals surface area contributed by atoms with Crippen molar-refractivity contribution in [3.8, 4) is 0 Å². The predicted molar refractivity (Wildman–Crippen MR) is 58.3 cm³/mol. The molecule has 1 amide bonds. The van der Waals surface area contributed by atoms with Crippen molar-refractivity contribution in [2.75, 3.05) is 0 Å². The van der Waals surface area contributed by atoms with E-state index in [9.17, 15) is 9.59 Å². The Morgan fingerprint density at radius 3 is 2.27 bits per heavy atom. The second-order valence-electron chi connectivity index (χ2n) is 3.22. The minimum absolute atomic E-state index is 0.0793. The van der Waals surface area contributed by atoms with Crippen LogP contribution in [0.25, 0.3) is 0 Å². The number of ketones is 1. The van der Waals surface area contributed by atoms with Gasteiger partial charge in [0, 0.05) is 24.3 Å². The van der Waals surface area contributed by atoms with Gasteiger partial charge in [0.2, 0.25) is 5.91 Å². The maximum Gasteiger partial charge on any atom is 0.220 e. The summed E-state index contributed by atoms with van der Waals surface area (Å²) in [6, 6.07) is 8.95. The first-order valence-electron chi connectivity index (χ1n) is 4.65. The molecule has 0 aliphatic heterocycles. The Kier molecular flexibility index (Phi) is 3.80. The molecule has 3 nitrogen and oxygen atoms in total. The molecule has 0 unspecified atom stereocenters. The average Bonchev–Trinajstić information content (AvgIpc) is 2.26. The van der Waals surface area contributed by atoms with Gasteiger partial charge in [0.05, 0.1) is 0 Å². The Labute approximate surface area is 88.8 Å². The summed E-state index contributed by atoms with van der Waals surface area (Å²) in [5.74, 6) is -0.264. The lowest BCUT2D eigenvalue weighted by molar-refractivity contribution is -0.118. The van der Waals surface area contributed by atoms with Gasteiger partial charge in [-0.2, -0.15) is 0 Å². The first-order valence-corrected chi connectivity index (χ1v) is 4.65. The van der Waals surface area contributed by atoms with Gasteiger partial charge in [0.1, 0.15) is 0 Å². The molecule has 0 aliphatic rings. The highest BCUT2D eigenvalue weighted by Gasteiger charge is 2.06. The van der Waals surface area contributed by atoms with Gasteiger partial charge in [-0.25, -0.2) is 0 Å². The van der Waals surface area contributed by atoms with Gasteiger partial charge in [-0.1, -0.05) is 30.3 Å². The van der Waals surface area contributed by atoms with E-state index < -0.39 is 0 Å². The summed E-state index contributed by atoms with van der Waals surface area (Å²) in [4.78, 5) is 22.4. The number of Topliss-reactive ketones (excluding diaryl/α,β-unsaturated/α-hetero) is 1. The second-order valence-corrected chi connectivity index (χ2v) is 3.22. The lowest BCUT2D eigenvalue weighted by atomic mass is 10.1. The maximum atomic E-state index is 11.7. The fourth-order valence-corrected chi connectivity index (χ4v) is 1.09. The summed E-state index contributed by atoms with van der Waals surface area (Å²) >= 11 is 0. The van der Waals surface area contributed by atoms with Crippen molar-refractivity contribution in [3.05, 3.63) is 47.7 Å². The Hall–Kier alpha value is -1.90. The summed E-state index contributed by atoms with van der Waals surface area (Å²) in [6.07, 6.45) is 1.43. The molecular weight excluding hydrogens is 190 g/mol. The summed E-state index contributed by atoms with van der Waals surface area (Å²) in [6.45, 7) is 3.07. The molecule has 1 N–H and O–H groups in total. The molecule has 0 saturated heterocycles. The Balaban J connectivity index is 2.77. The van der Waals surface area contributed by atoms with Crippen LogP contribution in [0, 0.1) is 0 Å². The lowest BCUT2D eigenvalue weighted by Gasteiger charge is -2.00. The summed E-state index contributed by atoms with van der Waals surface area (Å²) in [5.41, 5.74) is 1.13. The van der Waals surface area contributed by atoms with Crippen LogP contribution in [0.15, 0.2) is 42.1 Å². The zero-order chi connectivity index (χ0) is 11.3. The molecule has 0 bridgehead atoms. The van der Waals surface area contributed by atoms with Gasteiger partial charge >= 0.3 is 0 Å². The van der Waals surface area contributed by atoms with Crippen LogP contribution in [0.3, 0.4) is 0 Å². The monoisotopic (exact) mass is 203 g/mol. The number of nitrogens with one attached hydrogen (secondary N) is 1. The highest BCUT2D eigenvalue weighted by Crippen LogP contribution is 2.06. The SMILES string of the molecule is CC(=O)NC=C(C)C(=O)c1ccccc1. The number of hydrogen-bond donors (Lipinski definition) is 1. The molecule has 1 rings (SSSR count). The van der Waals surface area contributed by atoms with E-state index in [-0.39, 0.29) is 11.7 Å². The van der Waals surface area contributed by atoms with Crippen LogP contribution in [0.5, 0.6) is 0 Å². The van der Waals surface area contributed by atoms with E-state index in [1.54, 1.807) is 31.2 Å². The molecule has 3 heteroatoms. The minimum atomic E-state index is -0.185. The highest BCUT2D eigenvalue weighted by atomic mass is 16.1. The maximum absolute atomic E-state index is 11.7. The molecule has 0 radical (unpaired) electrons. The van der Waals surface area contributed by atoms with E-state index >= 15 is 0 Å². The average molecular weight is 203 g/mol. The second kappa shape index (κ2) is 5.10. The summed E-state index contributed by atoms with van der Waals surface area (Å²) in [5, 5.41) is 2.47. The third-order valence-electron chi connectivity index (χ3n) is 1.89. The molecule has 0 aliphatic carbocycles. The van der Waals surface area contributed by atoms with E-state index in [0.717, 1.165) is 0 Å². The zero-order valence-corrected chi connectivity index (χ0v) is 8.78.